The Bertz CT molecular complexity index is 1320. The first-order chi connectivity index (χ1) is 16.2. The number of fused-ring (bicyclic) bond motifs is 1. The highest BCUT2D eigenvalue weighted by Crippen LogP contribution is 2.27. The van der Waals surface area contributed by atoms with Crippen molar-refractivity contribution in [3.63, 3.8) is 0 Å². The molecule has 34 heavy (non-hydrogen) atoms. The first kappa shape index (κ1) is 26.5. The van der Waals surface area contributed by atoms with Crippen LogP contribution in [0.4, 0.5) is 0 Å². The van der Waals surface area contributed by atoms with E-state index < -0.39 is 15.9 Å². The predicted molar refractivity (Wildman–Crippen MR) is 134 cm³/mol. The number of benzene rings is 2. The highest BCUT2D eigenvalue weighted by atomic mass is 35.5. The van der Waals surface area contributed by atoms with Crippen molar-refractivity contribution >= 4 is 49.1 Å². The number of sulfonamides is 1. The number of halogens is 1. The van der Waals surface area contributed by atoms with Gasteiger partial charge >= 0.3 is 0 Å². The van der Waals surface area contributed by atoms with Gasteiger partial charge in [-0.25, -0.2) is 8.42 Å². The highest BCUT2D eigenvalue weighted by Gasteiger charge is 2.24. The van der Waals surface area contributed by atoms with Crippen LogP contribution in [0.3, 0.4) is 0 Å². The normalized spacial score (nSPS) is 12.7. The third kappa shape index (κ3) is 5.59. The molecule has 0 unspecified atom stereocenters. The zero-order chi connectivity index (χ0) is 24.9. The molecule has 0 saturated heterocycles. The summed E-state index contributed by atoms with van der Waals surface area (Å²) >= 11 is 7.70. The molecule has 1 aromatic heterocycles. The SMILES string of the molecule is CCn1c(=NC(=O)c2ccc(S(=O)(=O)N(CCOC)CCOC)cc2)sc2ccc(Cl)c(C)c21. The summed E-state index contributed by atoms with van der Waals surface area (Å²) in [5.41, 5.74) is 2.20. The molecule has 1 heterocycles. The Morgan fingerprint density at radius 3 is 2.26 bits per heavy atom. The van der Waals surface area contributed by atoms with Crippen molar-refractivity contribution in [2.75, 3.05) is 40.5 Å². The number of rotatable bonds is 10. The van der Waals surface area contributed by atoms with Gasteiger partial charge in [-0.2, -0.15) is 9.30 Å². The Morgan fingerprint density at radius 2 is 1.71 bits per heavy atom. The predicted octanol–water partition coefficient (Wildman–Crippen LogP) is 3.71. The topological polar surface area (TPSA) is 90.2 Å². The molecular weight excluding hydrogens is 498 g/mol. The summed E-state index contributed by atoms with van der Waals surface area (Å²) in [5, 5.41) is 0.659. The van der Waals surface area contributed by atoms with Crippen molar-refractivity contribution in [3.05, 3.63) is 57.3 Å². The summed E-state index contributed by atoms with van der Waals surface area (Å²) < 4.78 is 40.4. The van der Waals surface area contributed by atoms with Crippen LogP contribution in [0.5, 0.6) is 0 Å². The van der Waals surface area contributed by atoms with Crippen LogP contribution in [-0.2, 0) is 26.0 Å². The first-order valence-corrected chi connectivity index (χ1v) is 13.3. The quantitative estimate of drug-likeness (QED) is 0.402. The Kier molecular flexibility index (Phi) is 9.02. The van der Waals surface area contributed by atoms with Gasteiger partial charge < -0.3 is 14.0 Å². The second-order valence-electron chi connectivity index (χ2n) is 7.48. The smallest absolute Gasteiger partial charge is 0.279 e. The van der Waals surface area contributed by atoms with Crippen LogP contribution in [0.2, 0.25) is 5.02 Å². The molecule has 0 spiro atoms. The van der Waals surface area contributed by atoms with E-state index in [1.54, 1.807) is 0 Å². The molecule has 0 aliphatic carbocycles. The minimum Gasteiger partial charge on any atom is -0.383 e. The summed E-state index contributed by atoms with van der Waals surface area (Å²) in [7, 11) is -0.740. The van der Waals surface area contributed by atoms with E-state index in [2.05, 4.69) is 4.99 Å². The number of amides is 1. The molecule has 3 rings (SSSR count). The van der Waals surface area contributed by atoms with Crippen molar-refractivity contribution in [2.45, 2.75) is 25.3 Å². The molecule has 0 bridgehead atoms. The van der Waals surface area contributed by atoms with Crippen LogP contribution >= 0.6 is 22.9 Å². The lowest BCUT2D eigenvalue weighted by atomic mass is 10.2. The monoisotopic (exact) mass is 525 g/mol. The van der Waals surface area contributed by atoms with E-state index >= 15 is 0 Å². The van der Waals surface area contributed by atoms with E-state index in [4.69, 9.17) is 21.1 Å². The van der Waals surface area contributed by atoms with E-state index in [1.807, 2.05) is 30.5 Å². The third-order valence-electron chi connectivity index (χ3n) is 5.37. The average molecular weight is 526 g/mol. The molecule has 2 aromatic carbocycles. The molecule has 0 aliphatic heterocycles. The summed E-state index contributed by atoms with van der Waals surface area (Å²) in [6, 6.07) is 9.57. The van der Waals surface area contributed by atoms with Crippen LogP contribution in [0.15, 0.2) is 46.3 Å². The van der Waals surface area contributed by atoms with Gasteiger partial charge in [0.1, 0.15) is 0 Å². The van der Waals surface area contributed by atoms with Crippen molar-refractivity contribution in [3.8, 4) is 0 Å². The van der Waals surface area contributed by atoms with E-state index in [1.165, 1.54) is 54.1 Å². The first-order valence-electron chi connectivity index (χ1n) is 10.7. The van der Waals surface area contributed by atoms with Crippen molar-refractivity contribution < 1.29 is 22.7 Å². The number of hydrogen-bond acceptors (Lipinski definition) is 6. The third-order valence-corrected chi connectivity index (χ3v) is 8.74. The largest absolute Gasteiger partial charge is 0.383 e. The molecule has 3 aromatic rings. The van der Waals surface area contributed by atoms with Gasteiger partial charge in [0, 0.05) is 44.4 Å². The van der Waals surface area contributed by atoms with Gasteiger partial charge in [0.25, 0.3) is 5.91 Å². The molecule has 0 atom stereocenters. The number of ether oxygens (including phenoxy) is 2. The Balaban J connectivity index is 1.92. The lowest BCUT2D eigenvalue weighted by molar-refractivity contribution is 0.0997. The fourth-order valence-corrected chi connectivity index (χ4v) is 6.21. The fourth-order valence-electron chi connectivity index (χ4n) is 3.50. The standard InChI is InChI=1S/C23H28ClN3O5S2/c1-5-27-21-16(2)19(24)10-11-20(21)33-23(27)25-22(28)17-6-8-18(9-7-17)34(29,30)26(12-14-31-3)13-15-32-4/h6-11H,5,12-15H2,1-4H3. The van der Waals surface area contributed by atoms with Crippen LogP contribution < -0.4 is 4.80 Å². The van der Waals surface area contributed by atoms with E-state index in [9.17, 15) is 13.2 Å². The van der Waals surface area contributed by atoms with Gasteiger partial charge in [-0.05, 0) is 55.8 Å². The molecule has 1 amide bonds. The molecule has 0 N–H and O–H groups in total. The zero-order valence-electron chi connectivity index (χ0n) is 19.6. The van der Waals surface area contributed by atoms with Gasteiger partial charge in [0.15, 0.2) is 4.80 Å². The zero-order valence-corrected chi connectivity index (χ0v) is 22.0. The maximum absolute atomic E-state index is 13.1. The maximum atomic E-state index is 13.1. The van der Waals surface area contributed by atoms with Crippen LogP contribution in [-0.4, -0.2) is 63.7 Å². The average Bonchev–Trinajstić information content (AvgIpc) is 3.19. The maximum Gasteiger partial charge on any atom is 0.279 e. The Labute approximate surface area is 208 Å². The highest BCUT2D eigenvalue weighted by molar-refractivity contribution is 7.89. The Morgan fingerprint density at radius 1 is 1.09 bits per heavy atom. The number of nitrogens with zero attached hydrogens (tertiary/aromatic N) is 3. The van der Waals surface area contributed by atoms with Gasteiger partial charge in [0.2, 0.25) is 10.0 Å². The van der Waals surface area contributed by atoms with Crippen LogP contribution in [0, 0.1) is 6.92 Å². The molecule has 184 valence electrons. The summed E-state index contributed by atoms with van der Waals surface area (Å²) in [4.78, 5) is 17.9. The van der Waals surface area contributed by atoms with Gasteiger partial charge in [0.05, 0.1) is 28.3 Å². The lowest BCUT2D eigenvalue weighted by Crippen LogP contribution is -2.36. The van der Waals surface area contributed by atoms with Gasteiger partial charge in [-0.15, -0.1) is 0 Å². The Hall–Kier alpha value is -2.08. The van der Waals surface area contributed by atoms with Crippen LogP contribution in [0.25, 0.3) is 10.2 Å². The molecule has 0 aliphatic rings. The molecule has 0 radical (unpaired) electrons. The van der Waals surface area contributed by atoms with Crippen molar-refractivity contribution in [2.24, 2.45) is 4.99 Å². The summed E-state index contributed by atoms with van der Waals surface area (Å²) in [5.74, 6) is -0.447. The second kappa shape index (κ2) is 11.6. The lowest BCUT2D eigenvalue weighted by Gasteiger charge is -2.21. The molecule has 11 heteroatoms. The number of hydrogen-bond donors (Lipinski definition) is 0. The molecule has 0 fully saturated rings. The minimum absolute atomic E-state index is 0.0898. The molecule has 8 nitrogen and oxygen atoms in total. The molecular formula is C23H28ClN3O5S2. The number of carbonyl (C=O) groups excluding carboxylic acids is 1. The number of carbonyl (C=O) groups is 1. The number of aryl methyl sites for hydroxylation is 2. The second-order valence-corrected chi connectivity index (χ2v) is 10.8. The molecule has 0 saturated carbocycles. The summed E-state index contributed by atoms with van der Waals surface area (Å²) in [6.45, 7) is 5.47. The van der Waals surface area contributed by atoms with E-state index in [-0.39, 0.29) is 31.2 Å². The van der Waals surface area contributed by atoms with Crippen LogP contribution in [0.1, 0.15) is 22.8 Å². The van der Waals surface area contributed by atoms with Gasteiger partial charge in [-0.1, -0.05) is 22.9 Å². The van der Waals surface area contributed by atoms with E-state index in [0.29, 0.717) is 21.9 Å². The van der Waals surface area contributed by atoms with E-state index in [0.717, 1.165) is 15.8 Å². The number of thiazole rings is 1. The number of methoxy groups -OCH3 is 2. The summed E-state index contributed by atoms with van der Waals surface area (Å²) in [6.07, 6.45) is 0. The van der Waals surface area contributed by atoms with Crippen molar-refractivity contribution in [1.29, 1.82) is 0 Å². The van der Waals surface area contributed by atoms with Crippen molar-refractivity contribution in [1.82, 2.24) is 8.87 Å². The number of aromatic nitrogens is 1. The minimum atomic E-state index is -3.77. The fraction of sp³-hybridized carbons (Fsp3) is 0.391. The van der Waals surface area contributed by atoms with Gasteiger partial charge in [-0.3, -0.25) is 4.79 Å².